The van der Waals surface area contributed by atoms with E-state index in [0.29, 0.717) is 9.71 Å². The molecule has 3 aromatic heterocycles. The molecule has 0 unspecified atom stereocenters. The average molecular weight is 363 g/mol. The number of thiophene rings is 1. The summed E-state index contributed by atoms with van der Waals surface area (Å²) in [6, 6.07) is 9.45. The van der Waals surface area contributed by atoms with E-state index in [4.69, 9.17) is 0 Å². The van der Waals surface area contributed by atoms with E-state index in [9.17, 15) is 13.2 Å². The molecule has 1 N–H and O–H groups in total. The van der Waals surface area contributed by atoms with E-state index in [-0.39, 0.29) is 4.90 Å². The Bertz CT molecular complexity index is 1120. The van der Waals surface area contributed by atoms with Gasteiger partial charge in [0.15, 0.2) is 4.96 Å². The number of sulfonamides is 1. The topological polar surface area (TPSA) is 80.5 Å². The molecule has 3 heterocycles. The molecule has 0 aliphatic heterocycles. The lowest BCUT2D eigenvalue weighted by Crippen LogP contribution is -2.29. The Morgan fingerprint density at radius 3 is 2.78 bits per heavy atom. The van der Waals surface area contributed by atoms with Gasteiger partial charge in [0.1, 0.15) is 4.83 Å². The zero-order chi connectivity index (χ0) is 16.0. The Hall–Kier alpha value is -2.23. The second-order valence-corrected chi connectivity index (χ2v) is 8.30. The monoisotopic (exact) mass is 363 g/mol. The van der Waals surface area contributed by atoms with Gasteiger partial charge in [0.2, 0.25) is 0 Å². The number of hydrogen-bond acceptors (Lipinski definition) is 6. The molecule has 23 heavy (non-hydrogen) atoms. The fourth-order valence-corrected chi connectivity index (χ4v) is 4.94. The van der Waals surface area contributed by atoms with Crippen molar-refractivity contribution in [3.8, 4) is 0 Å². The van der Waals surface area contributed by atoms with Crippen LogP contribution in [0.3, 0.4) is 0 Å². The maximum absolute atomic E-state index is 12.3. The molecular formula is C14H9N3O3S3. The van der Waals surface area contributed by atoms with Crippen LogP contribution in [0.1, 0.15) is 9.67 Å². The molecular weight excluding hydrogens is 354 g/mol. The van der Waals surface area contributed by atoms with Crippen LogP contribution in [0.15, 0.2) is 52.9 Å². The van der Waals surface area contributed by atoms with Crippen molar-refractivity contribution >= 4 is 53.9 Å². The highest BCUT2D eigenvalue weighted by atomic mass is 32.2. The number of amides is 1. The van der Waals surface area contributed by atoms with Crippen molar-refractivity contribution in [2.45, 2.75) is 4.90 Å². The van der Waals surface area contributed by atoms with Crippen molar-refractivity contribution in [2.24, 2.45) is 0 Å². The van der Waals surface area contributed by atoms with Crippen LogP contribution in [0.25, 0.3) is 15.3 Å². The van der Waals surface area contributed by atoms with Gasteiger partial charge in [-0.15, -0.1) is 22.7 Å². The highest BCUT2D eigenvalue weighted by molar-refractivity contribution is 7.90. The minimum absolute atomic E-state index is 0.0524. The van der Waals surface area contributed by atoms with Gasteiger partial charge in [-0.05, 0) is 18.2 Å². The van der Waals surface area contributed by atoms with Gasteiger partial charge in [-0.3, -0.25) is 9.20 Å². The summed E-state index contributed by atoms with van der Waals surface area (Å²) in [6.07, 6.45) is 1.87. The summed E-state index contributed by atoms with van der Waals surface area (Å²) in [5.41, 5.74) is 0.800. The lowest BCUT2D eigenvalue weighted by molar-refractivity contribution is 0.0985. The van der Waals surface area contributed by atoms with E-state index in [1.54, 1.807) is 24.3 Å². The highest BCUT2D eigenvalue weighted by Gasteiger charge is 2.21. The van der Waals surface area contributed by atoms with Gasteiger partial charge in [-0.1, -0.05) is 18.2 Å². The molecule has 4 rings (SSSR count). The standard InChI is InChI=1S/C14H9N3O3S3/c18-12(16-23(19,20)9-4-2-1-3-5-9)11-8-10-13(22-11)15-14-17(10)6-7-21-14/h1-8H,(H,16,18). The number of aromatic nitrogens is 2. The van der Waals surface area contributed by atoms with Crippen LogP contribution < -0.4 is 4.72 Å². The van der Waals surface area contributed by atoms with E-state index >= 15 is 0 Å². The van der Waals surface area contributed by atoms with Crippen molar-refractivity contribution in [3.05, 3.63) is 52.9 Å². The maximum atomic E-state index is 12.3. The first kappa shape index (κ1) is 14.4. The molecule has 6 nitrogen and oxygen atoms in total. The highest BCUT2D eigenvalue weighted by Crippen LogP contribution is 2.28. The van der Waals surface area contributed by atoms with Gasteiger partial charge in [-0.2, -0.15) is 0 Å². The summed E-state index contributed by atoms with van der Waals surface area (Å²) in [7, 11) is -3.88. The Morgan fingerprint density at radius 2 is 2.00 bits per heavy atom. The van der Waals surface area contributed by atoms with Gasteiger partial charge in [-0.25, -0.2) is 18.1 Å². The Labute approximate surface area is 139 Å². The number of nitrogens with zero attached hydrogens (tertiary/aromatic N) is 2. The molecule has 0 saturated carbocycles. The molecule has 9 heteroatoms. The normalized spacial score (nSPS) is 12.0. The number of fused-ring (bicyclic) bond motifs is 3. The van der Waals surface area contributed by atoms with Crippen molar-refractivity contribution in [1.29, 1.82) is 0 Å². The predicted octanol–water partition coefficient (Wildman–Crippen LogP) is 2.73. The fraction of sp³-hybridized carbons (Fsp3) is 0. The number of benzene rings is 1. The van der Waals surface area contributed by atoms with E-state index in [1.807, 2.05) is 16.0 Å². The first-order valence-corrected chi connectivity index (χ1v) is 9.70. The van der Waals surface area contributed by atoms with Crippen LogP contribution in [-0.4, -0.2) is 23.7 Å². The smallest absolute Gasteiger partial charge is 0.275 e. The van der Waals surface area contributed by atoms with Crippen molar-refractivity contribution in [1.82, 2.24) is 14.1 Å². The zero-order valence-electron chi connectivity index (χ0n) is 11.5. The summed E-state index contributed by atoms with van der Waals surface area (Å²) in [5.74, 6) is -0.652. The van der Waals surface area contributed by atoms with E-state index in [0.717, 1.165) is 10.5 Å². The third-order valence-corrected chi connectivity index (χ3v) is 6.36. The molecule has 0 aliphatic rings. The summed E-state index contributed by atoms with van der Waals surface area (Å²) in [5, 5.41) is 1.90. The minimum atomic E-state index is -3.88. The van der Waals surface area contributed by atoms with Crippen LogP contribution in [-0.2, 0) is 10.0 Å². The summed E-state index contributed by atoms with van der Waals surface area (Å²) in [4.78, 5) is 18.6. The zero-order valence-corrected chi connectivity index (χ0v) is 13.9. The molecule has 1 aromatic carbocycles. The average Bonchev–Trinajstić information content (AvgIpc) is 3.19. The number of nitrogens with one attached hydrogen (secondary N) is 1. The van der Waals surface area contributed by atoms with Crippen LogP contribution in [0.4, 0.5) is 0 Å². The molecule has 0 fully saturated rings. The largest absolute Gasteiger partial charge is 0.289 e. The lowest BCUT2D eigenvalue weighted by atomic mass is 10.4. The molecule has 116 valence electrons. The third-order valence-electron chi connectivity index (χ3n) is 3.24. The molecule has 0 spiro atoms. The van der Waals surface area contributed by atoms with Gasteiger partial charge >= 0.3 is 0 Å². The molecule has 1 amide bonds. The number of carbonyl (C=O) groups excluding carboxylic acids is 1. The Balaban J connectivity index is 1.67. The van der Waals surface area contributed by atoms with Crippen molar-refractivity contribution in [2.75, 3.05) is 0 Å². The first-order valence-electron chi connectivity index (χ1n) is 6.52. The van der Waals surface area contributed by atoms with Crippen molar-refractivity contribution < 1.29 is 13.2 Å². The summed E-state index contributed by atoms with van der Waals surface area (Å²) in [6.45, 7) is 0. The minimum Gasteiger partial charge on any atom is -0.289 e. The van der Waals surface area contributed by atoms with Crippen LogP contribution in [0, 0.1) is 0 Å². The first-order chi connectivity index (χ1) is 11.0. The summed E-state index contributed by atoms with van der Waals surface area (Å²) >= 11 is 2.67. The molecule has 0 bridgehead atoms. The Morgan fingerprint density at radius 1 is 1.22 bits per heavy atom. The quantitative estimate of drug-likeness (QED) is 0.607. The lowest BCUT2D eigenvalue weighted by Gasteiger charge is -2.05. The maximum Gasteiger partial charge on any atom is 0.275 e. The van der Waals surface area contributed by atoms with E-state index < -0.39 is 15.9 Å². The van der Waals surface area contributed by atoms with Crippen LogP contribution in [0.2, 0.25) is 0 Å². The number of thiazole rings is 1. The van der Waals surface area contributed by atoms with Crippen LogP contribution >= 0.6 is 22.7 Å². The van der Waals surface area contributed by atoms with Gasteiger partial charge in [0, 0.05) is 11.6 Å². The van der Waals surface area contributed by atoms with Gasteiger partial charge in [0.05, 0.1) is 15.3 Å². The van der Waals surface area contributed by atoms with E-state index in [1.165, 1.54) is 34.8 Å². The van der Waals surface area contributed by atoms with Crippen LogP contribution in [0.5, 0.6) is 0 Å². The summed E-state index contributed by atoms with van der Waals surface area (Å²) < 4.78 is 28.4. The number of imidazole rings is 1. The third kappa shape index (κ3) is 2.42. The molecule has 0 saturated heterocycles. The molecule has 0 radical (unpaired) electrons. The van der Waals surface area contributed by atoms with Crippen molar-refractivity contribution in [3.63, 3.8) is 0 Å². The molecule has 0 atom stereocenters. The number of rotatable bonds is 3. The number of carbonyl (C=O) groups is 1. The second kappa shape index (κ2) is 5.15. The number of hydrogen-bond donors (Lipinski definition) is 1. The SMILES string of the molecule is O=C(NS(=O)(=O)c1ccccc1)c1cc2c(nc3sccn32)s1. The second-order valence-electron chi connectivity index (χ2n) is 4.72. The molecule has 4 aromatic rings. The van der Waals surface area contributed by atoms with Gasteiger partial charge < -0.3 is 0 Å². The van der Waals surface area contributed by atoms with E-state index in [2.05, 4.69) is 9.71 Å². The van der Waals surface area contributed by atoms with Gasteiger partial charge in [0.25, 0.3) is 15.9 Å². The predicted molar refractivity (Wildman–Crippen MR) is 89.5 cm³/mol. The Kier molecular flexibility index (Phi) is 3.22. The fourth-order valence-electron chi connectivity index (χ4n) is 2.19. The molecule has 0 aliphatic carbocycles.